The van der Waals surface area contributed by atoms with Gasteiger partial charge in [0.2, 0.25) is 0 Å². The van der Waals surface area contributed by atoms with E-state index in [0.29, 0.717) is 11.5 Å². The summed E-state index contributed by atoms with van der Waals surface area (Å²) in [5, 5.41) is 0. The Bertz CT molecular complexity index is 171. The lowest BCUT2D eigenvalue weighted by molar-refractivity contribution is 0.590. The Morgan fingerprint density at radius 2 is 1.64 bits per heavy atom. The molecular weight excluding hydrogens is 160 g/mol. The van der Waals surface area contributed by atoms with Crippen LogP contribution >= 0.6 is 0 Å². The molecule has 0 aromatic heterocycles. The molecule has 0 fully saturated rings. The molecule has 2 nitrogen and oxygen atoms in total. The van der Waals surface area contributed by atoms with Gasteiger partial charge >= 0.3 is 0 Å². The first-order valence-electron chi connectivity index (χ1n) is 4.32. The van der Waals surface area contributed by atoms with Gasteiger partial charge in [-0.05, 0) is 6.42 Å². The molecule has 0 heterocycles. The summed E-state index contributed by atoms with van der Waals surface area (Å²) < 4.78 is 21.9. The summed E-state index contributed by atoms with van der Waals surface area (Å²) in [5.41, 5.74) is 0. The van der Waals surface area contributed by atoms with Gasteiger partial charge in [-0.2, -0.15) is 0 Å². The Kier molecular flexibility index (Phi) is 5.56. The zero-order valence-electron chi connectivity index (χ0n) is 7.47. The summed E-state index contributed by atoms with van der Waals surface area (Å²) in [7, 11) is -2.70. The van der Waals surface area contributed by atoms with Crippen LogP contribution in [0, 0.1) is 0 Å². The molecule has 68 valence electrons. The predicted octanol–water partition coefficient (Wildman–Crippen LogP) is 2.00. The quantitative estimate of drug-likeness (QED) is 0.583. The van der Waals surface area contributed by atoms with Crippen LogP contribution in [0.3, 0.4) is 0 Å². The summed E-state index contributed by atoms with van der Waals surface area (Å²) in [6, 6.07) is 0. The van der Waals surface area contributed by atoms with Crippen molar-refractivity contribution in [2.24, 2.45) is 0 Å². The van der Waals surface area contributed by atoms with E-state index in [9.17, 15) is 8.42 Å². The SMILES string of the molecule is CCCCCCS(=O)(=O)CC. The first kappa shape index (κ1) is 11.0. The highest BCUT2D eigenvalue weighted by Gasteiger charge is 2.05. The zero-order valence-corrected chi connectivity index (χ0v) is 8.28. The average molecular weight is 178 g/mol. The molecular formula is C8H18O2S. The van der Waals surface area contributed by atoms with Crippen molar-refractivity contribution in [2.45, 2.75) is 39.5 Å². The van der Waals surface area contributed by atoms with Gasteiger partial charge in [0, 0.05) is 5.75 Å². The zero-order chi connectivity index (χ0) is 8.74. The van der Waals surface area contributed by atoms with Gasteiger partial charge in [-0.25, -0.2) is 8.42 Å². The van der Waals surface area contributed by atoms with E-state index in [4.69, 9.17) is 0 Å². The van der Waals surface area contributed by atoms with E-state index >= 15 is 0 Å². The molecule has 0 rings (SSSR count). The summed E-state index contributed by atoms with van der Waals surface area (Å²) in [5.74, 6) is 0.669. The lowest BCUT2D eigenvalue weighted by Crippen LogP contribution is -2.08. The van der Waals surface area contributed by atoms with Crippen molar-refractivity contribution in [3.8, 4) is 0 Å². The lowest BCUT2D eigenvalue weighted by atomic mass is 10.2. The monoisotopic (exact) mass is 178 g/mol. The second kappa shape index (κ2) is 5.58. The van der Waals surface area contributed by atoms with Gasteiger partial charge in [-0.3, -0.25) is 0 Å². The highest BCUT2D eigenvalue weighted by molar-refractivity contribution is 7.91. The van der Waals surface area contributed by atoms with Crippen LogP contribution in [0.5, 0.6) is 0 Å². The minimum atomic E-state index is -2.70. The van der Waals surface area contributed by atoms with Gasteiger partial charge in [0.15, 0.2) is 0 Å². The molecule has 0 bridgehead atoms. The predicted molar refractivity (Wildman–Crippen MR) is 48.5 cm³/mol. The summed E-state index contributed by atoms with van der Waals surface area (Å²) in [6.07, 6.45) is 4.20. The van der Waals surface area contributed by atoms with Crippen LogP contribution in [0.4, 0.5) is 0 Å². The van der Waals surface area contributed by atoms with Crippen molar-refractivity contribution >= 4 is 9.84 Å². The van der Waals surface area contributed by atoms with Crippen LogP contribution in [-0.4, -0.2) is 19.9 Å². The number of sulfone groups is 1. The molecule has 0 saturated heterocycles. The molecule has 0 amide bonds. The lowest BCUT2D eigenvalue weighted by Gasteiger charge is -1.99. The van der Waals surface area contributed by atoms with Crippen molar-refractivity contribution in [3.63, 3.8) is 0 Å². The van der Waals surface area contributed by atoms with E-state index in [1.165, 1.54) is 0 Å². The van der Waals surface area contributed by atoms with Crippen LogP contribution < -0.4 is 0 Å². The third-order valence-electron chi connectivity index (χ3n) is 1.75. The molecule has 0 aliphatic carbocycles. The Morgan fingerprint density at radius 1 is 1.00 bits per heavy atom. The summed E-state index contributed by atoms with van der Waals surface area (Å²) >= 11 is 0. The fourth-order valence-electron chi connectivity index (χ4n) is 0.893. The van der Waals surface area contributed by atoms with E-state index in [1.54, 1.807) is 6.92 Å². The normalized spacial score (nSPS) is 11.8. The molecule has 0 aliphatic heterocycles. The first-order chi connectivity index (χ1) is 5.12. The van der Waals surface area contributed by atoms with E-state index < -0.39 is 9.84 Å². The molecule has 0 aromatic carbocycles. The van der Waals surface area contributed by atoms with Crippen molar-refractivity contribution in [1.29, 1.82) is 0 Å². The largest absolute Gasteiger partial charge is 0.229 e. The van der Waals surface area contributed by atoms with E-state index in [1.807, 2.05) is 0 Å². The van der Waals surface area contributed by atoms with E-state index in [-0.39, 0.29) is 0 Å². The van der Waals surface area contributed by atoms with Crippen LogP contribution in [-0.2, 0) is 9.84 Å². The first-order valence-corrected chi connectivity index (χ1v) is 6.15. The molecule has 0 radical (unpaired) electrons. The fourth-order valence-corrected chi connectivity index (χ4v) is 1.83. The molecule has 0 N–H and O–H groups in total. The Hall–Kier alpha value is -0.0500. The Balaban J connectivity index is 3.39. The van der Waals surface area contributed by atoms with Crippen molar-refractivity contribution in [3.05, 3.63) is 0 Å². The molecule has 11 heavy (non-hydrogen) atoms. The minimum absolute atomic E-state index is 0.291. The van der Waals surface area contributed by atoms with Gasteiger partial charge in [-0.15, -0.1) is 0 Å². The van der Waals surface area contributed by atoms with E-state index in [0.717, 1.165) is 25.7 Å². The molecule has 0 saturated carbocycles. The van der Waals surface area contributed by atoms with Crippen LogP contribution in [0.2, 0.25) is 0 Å². The third kappa shape index (κ3) is 6.35. The number of unbranched alkanes of at least 4 members (excludes halogenated alkanes) is 3. The maximum Gasteiger partial charge on any atom is 0.150 e. The van der Waals surface area contributed by atoms with Gasteiger partial charge in [0.1, 0.15) is 9.84 Å². The highest BCUT2D eigenvalue weighted by atomic mass is 32.2. The summed E-state index contributed by atoms with van der Waals surface area (Å²) in [4.78, 5) is 0. The number of hydrogen-bond acceptors (Lipinski definition) is 2. The second-order valence-electron chi connectivity index (χ2n) is 2.80. The fraction of sp³-hybridized carbons (Fsp3) is 1.00. The van der Waals surface area contributed by atoms with Gasteiger partial charge < -0.3 is 0 Å². The van der Waals surface area contributed by atoms with Crippen LogP contribution in [0.1, 0.15) is 39.5 Å². The molecule has 0 aliphatic rings. The van der Waals surface area contributed by atoms with Crippen LogP contribution in [0.15, 0.2) is 0 Å². The van der Waals surface area contributed by atoms with Crippen LogP contribution in [0.25, 0.3) is 0 Å². The van der Waals surface area contributed by atoms with Gasteiger partial charge in [0.05, 0.1) is 5.75 Å². The summed E-state index contributed by atoms with van der Waals surface area (Å²) in [6.45, 7) is 3.82. The average Bonchev–Trinajstić information content (AvgIpc) is 1.99. The maximum atomic E-state index is 11.0. The second-order valence-corrected chi connectivity index (χ2v) is 5.27. The molecule has 0 aromatic rings. The standard InChI is InChI=1S/C8H18O2S/c1-3-5-6-7-8-11(9,10)4-2/h3-8H2,1-2H3. The van der Waals surface area contributed by atoms with Gasteiger partial charge in [-0.1, -0.05) is 33.1 Å². The highest BCUT2D eigenvalue weighted by Crippen LogP contribution is 2.02. The molecule has 0 atom stereocenters. The number of rotatable bonds is 6. The van der Waals surface area contributed by atoms with Gasteiger partial charge in [0.25, 0.3) is 0 Å². The minimum Gasteiger partial charge on any atom is -0.229 e. The molecule has 0 spiro atoms. The smallest absolute Gasteiger partial charge is 0.150 e. The maximum absolute atomic E-state index is 11.0. The Labute approximate surface area is 69.9 Å². The van der Waals surface area contributed by atoms with Crippen molar-refractivity contribution in [2.75, 3.05) is 11.5 Å². The topological polar surface area (TPSA) is 34.1 Å². The van der Waals surface area contributed by atoms with Crippen molar-refractivity contribution in [1.82, 2.24) is 0 Å². The van der Waals surface area contributed by atoms with Crippen molar-refractivity contribution < 1.29 is 8.42 Å². The molecule has 3 heteroatoms. The molecule has 0 unspecified atom stereocenters. The number of hydrogen-bond donors (Lipinski definition) is 0. The third-order valence-corrected chi connectivity index (χ3v) is 3.54. The van der Waals surface area contributed by atoms with E-state index in [2.05, 4.69) is 6.92 Å². The Morgan fingerprint density at radius 3 is 2.09 bits per heavy atom.